The minimum atomic E-state index is -0.123. The molecule has 0 aliphatic carbocycles. The van der Waals surface area contributed by atoms with E-state index in [2.05, 4.69) is 10.3 Å². The third-order valence-corrected chi connectivity index (χ3v) is 3.16. The van der Waals surface area contributed by atoms with E-state index in [-0.39, 0.29) is 18.3 Å². The highest BCUT2D eigenvalue weighted by Crippen LogP contribution is 2.26. The number of pyridine rings is 1. The lowest BCUT2D eigenvalue weighted by atomic mass is 10.1. The normalized spacial score (nSPS) is 9.77. The highest BCUT2D eigenvalue weighted by Gasteiger charge is 2.05. The number of nitrogens with two attached hydrogens (primary N) is 1. The van der Waals surface area contributed by atoms with Crippen molar-refractivity contribution in [1.82, 2.24) is 4.98 Å². The molecule has 22 heavy (non-hydrogen) atoms. The summed E-state index contributed by atoms with van der Waals surface area (Å²) in [5, 5.41) is 2.72. The molecule has 2 aromatic rings. The van der Waals surface area contributed by atoms with Gasteiger partial charge in [0, 0.05) is 19.0 Å². The molecule has 0 aliphatic rings. The van der Waals surface area contributed by atoms with Crippen LogP contribution in [0.1, 0.15) is 17.5 Å². The van der Waals surface area contributed by atoms with Crippen molar-refractivity contribution >= 4 is 24.0 Å². The minimum Gasteiger partial charge on any atom is -0.439 e. The number of hydrogen-bond donors (Lipinski definition) is 2. The standard InChI is InChI=1S/C16H19N3O2.ClH/c1-11-4-3-5-14(12(11)2)21-16-7-6-13(10-18-16)19-15(20)8-9-17;/h3-7,10H,8-9,17H2,1-2H3,(H,19,20);1H. The molecule has 0 saturated carbocycles. The van der Waals surface area contributed by atoms with Crippen LogP contribution in [0.5, 0.6) is 11.6 Å². The van der Waals surface area contributed by atoms with Gasteiger partial charge in [-0.3, -0.25) is 4.79 Å². The maximum atomic E-state index is 11.4. The van der Waals surface area contributed by atoms with E-state index in [1.54, 1.807) is 18.3 Å². The van der Waals surface area contributed by atoms with Crippen LogP contribution in [0.25, 0.3) is 0 Å². The summed E-state index contributed by atoms with van der Waals surface area (Å²) in [6, 6.07) is 9.35. The van der Waals surface area contributed by atoms with Crippen LogP contribution in [0.3, 0.4) is 0 Å². The van der Waals surface area contributed by atoms with Crippen molar-refractivity contribution in [2.75, 3.05) is 11.9 Å². The highest BCUT2D eigenvalue weighted by atomic mass is 35.5. The van der Waals surface area contributed by atoms with Crippen LogP contribution in [0, 0.1) is 13.8 Å². The minimum absolute atomic E-state index is 0. The van der Waals surface area contributed by atoms with E-state index in [0.29, 0.717) is 24.5 Å². The average molecular weight is 322 g/mol. The molecule has 2 rings (SSSR count). The summed E-state index contributed by atoms with van der Waals surface area (Å²) >= 11 is 0. The van der Waals surface area contributed by atoms with E-state index in [0.717, 1.165) is 16.9 Å². The molecule has 1 aromatic heterocycles. The number of ether oxygens (including phenoxy) is 1. The Morgan fingerprint density at radius 2 is 2.05 bits per heavy atom. The Hall–Kier alpha value is -2.11. The van der Waals surface area contributed by atoms with Crippen LogP contribution in [-0.2, 0) is 4.79 Å². The number of carbonyl (C=O) groups excluding carboxylic acids is 1. The zero-order valence-corrected chi connectivity index (χ0v) is 13.4. The Kier molecular flexibility index (Phi) is 6.82. The largest absolute Gasteiger partial charge is 0.439 e. The molecule has 0 unspecified atom stereocenters. The lowest BCUT2D eigenvalue weighted by Crippen LogP contribution is -2.16. The van der Waals surface area contributed by atoms with Gasteiger partial charge < -0.3 is 15.8 Å². The molecule has 0 bridgehead atoms. The second-order valence-corrected chi connectivity index (χ2v) is 4.77. The summed E-state index contributed by atoms with van der Waals surface area (Å²) in [5.41, 5.74) is 8.20. The number of benzene rings is 1. The predicted molar refractivity (Wildman–Crippen MR) is 89.8 cm³/mol. The smallest absolute Gasteiger partial charge is 0.225 e. The number of carbonyl (C=O) groups is 1. The lowest BCUT2D eigenvalue weighted by Gasteiger charge is -2.10. The number of nitrogens with one attached hydrogen (secondary N) is 1. The Balaban J connectivity index is 0.00000242. The van der Waals surface area contributed by atoms with Gasteiger partial charge in [-0.2, -0.15) is 0 Å². The zero-order chi connectivity index (χ0) is 15.2. The number of hydrogen-bond acceptors (Lipinski definition) is 4. The molecular formula is C16H20ClN3O2. The fourth-order valence-electron chi connectivity index (χ4n) is 1.82. The summed E-state index contributed by atoms with van der Waals surface area (Å²) < 4.78 is 5.75. The van der Waals surface area contributed by atoms with Gasteiger partial charge in [0.05, 0.1) is 11.9 Å². The fraction of sp³-hybridized carbons (Fsp3) is 0.250. The van der Waals surface area contributed by atoms with Crippen molar-refractivity contribution < 1.29 is 9.53 Å². The number of nitrogens with zero attached hydrogens (tertiary/aromatic N) is 1. The summed E-state index contributed by atoms with van der Waals surface area (Å²) in [5.74, 6) is 1.14. The lowest BCUT2D eigenvalue weighted by molar-refractivity contribution is -0.116. The summed E-state index contributed by atoms with van der Waals surface area (Å²) in [4.78, 5) is 15.6. The van der Waals surface area contributed by atoms with E-state index in [9.17, 15) is 4.79 Å². The monoisotopic (exact) mass is 321 g/mol. The predicted octanol–water partition coefficient (Wildman–Crippen LogP) is 3.20. The average Bonchev–Trinajstić information content (AvgIpc) is 2.46. The van der Waals surface area contributed by atoms with E-state index in [1.165, 1.54) is 0 Å². The first-order chi connectivity index (χ1) is 10.1. The molecule has 0 fully saturated rings. The zero-order valence-electron chi connectivity index (χ0n) is 12.6. The number of halogens is 1. The molecule has 0 saturated heterocycles. The maximum absolute atomic E-state index is 11.4. The highest BCUT2D eigenvalue weighted by molar-refractivity contribution is 5.90. The molecule has 3 N–H and O–H groups in total. The number of aromatic nitrogens is 1. The number of aryl methyl sites for hydroxylation is 1. The summed E-state index contributed by atoms with van der Waals surface area (Å²) in [7, 11) is 0. The molecule has 0 spiro atoms. The van der Waals surface area contributed by atoms with Crippen LogP contribution < -0.4 is 15.8 Å². The van der Waals surface area contributed by atoms with E-state index >= 15 is 0 Å². The fourth-order valence-corrected chi connectivity index (χ4v) is 1.82. The van der Waals surface area contributed by atoms with Crippen LogP contribution in [0.4, 0.5) is 5.69 Å². The first-order valence-corrected chi connectivity index (χ1v) is 6.80. The quantitative estimate of drug-likeness (QED) is 0.886. The van der Waals surface area contributed by atoms with Crippen molar-refractivity contribution in [3.05, 3.63) is 47.7 Å². The van der Waals surface area contributed by atoms with Gasteiger partial charge in [0.1, 0.15) is 5.75 Å². The Morgan fingerprint density at radius 3 is 2.68 bits per heavy atom. The molecule has 1 amide bonds. The van der Waals surface area contributed by atoms with Crippen LogP contribution in [-0.4, -0.2) is 17.4 Å². The van der Waals surface area contributed by atoms with Crippen molar-refractivity contribution in [2.24, 2.45) is 5.73 Å². The first kappa shape index (κ1) is 17.9. The third-order valence-electron chi connectivity index (χ3n) is 3.16. The molecule has 0 radical (unpaired) electrons. The van der Waals surface area contributed by atoms with Crippen LogP contribution in [0.2, 0.25) is 0 Å². The second-order valence-electron chi connectivity index (χ2n) is 4.77. The van der Waals surface area contributed by atoms with E-state index in [1.807, 2.05) is 32.0 Å². The van der Waals surface area contributed by atoms with Crippen molar-refractivity contribution in [2.45, 2.75) is 20.3 Å². The molecule has 6 heteroatoms. The topological polar surface area (TPSA) is 77.2 Å². The molecule has 118 valence electrons. The van der Waals surface area contributed by atoms with Gasteiger partial charge in [-0.1, -0.05) is 12.1 Å². The van der Waals surface area contributed by atoms with Crippen molar-refractivity contribution in [3.63, 3.8) is 0 Å². The van der Waals surface area contributed by atoms with Gasteiger partial charge >= 0.3 is 0 Å². The first-order valence-electron chi connectivity index (χ1n) is 6.80. The molecule has 0 aliphatic heterocycles. The Morgan fingerprint density at radius 1 is 1.27 bits per heavy atom. The maximum Gasteiger partial charge on any atom is 0.225 e. The molecule has 1 heterocycles. The number of rotatable bonds is 5. The van der Waals surface area contributed by atoms with Crippen molar-refractivity contribution in [1.29, 1.82) is 0 Å². The Labute approximate surface area is 136 Å². The van der Waals surface area contributed by atoms with E-state index < -0.39 is 0 Å². The third kappa shape index (κ3) is 4.72. The van der Waals surface area contributed by atoms with Gasteiger partial charge in [-0.15, -0.1) is 12.4 Å². The number of anilines is 1. The summed E-state index contributed by atoms with van der Waals surface area (Å²) in [6.45, 7) is 4.37. The number of amides is 1. The molecule has 5 nitrogen and oxygen atoms in total. The van der Waals surface area contributed by atoms with Gasteiger partial charge in [0.2, 0.25) is 11.8 Å². The van der Waals surface area contributed by atoms with Crippen LogP contribution >= 0.6 is 12.4 Å². The van der Waals surface area contributed by atoms with Crippen LogP contribution in [0.15, 0.2) is 36.5 Å². The van der Waals surface area contributed by atoms with E-state index in [4.69, 9.17) is 10.5 Å². The summed E-state index contributed by atoms with van der Waals surface area (Å²) in [6.07, 6.45) is 1.86. The van der Waals surface area contributed by atoms with Gasteiger partial charge in [0.15, 0.2) is 0 Å². The van der Waals surface area contributed by atoms with Gasteiger partial charge in [-0.25, -0.2) is 4.98 Å². The Bertz CT molecular complexity index is 630. The molecular weight excluding hydrogens is 302 g/mol. The van der Waals surface area contributed by atoms with Crippen molar-refractivity contribution in [3.8, 4) is 11.6 Å². The van der Waals surface area contributed by atoms with Gasteiger partial charge in [-0.05, 0) is 37.1 Å². The molecule has 1 aromatic carbocycles. The second kappa shape index (κ2) is 8.36. The van der Waals surface area contributed by atoms with Gasteiger partial charge in [0.25, 0.3) is 0 Å². The molecule has 0 atom stereocenters. The SMILES string of the molecule is Cc1cccc(Oc2ccc(NC(=O)CCN)cn2)c1C.Cl.